The maximum absolute atomic E-state index is 14.7. The van der Waals surface area contributed by atoms with Gasteiger partial charge in [-0.25, -0.2) is 9.38 Å². The van der Waals surface area contributed by atoms with Crippen LogP contribution in [0.2, 0.25) is 0 Å². The first-order chi connectivity index (χ1) is 14.0. The average molecular weight is 384 g/mol. The molecule has 0 bridgehead atoms. The van der Waals surface area contributed by atoms with E-state index >= 15 is 0 Å². The number of nitriles is 1. The van der Waals surface area contributed by atoms with E-state index in [0.717, 1.165) is 0 Å². The van der Waals surface area contributed by atoms with Gasteiger partial charge in [0.2, 0.25) is 0 Å². The summed E-state index contributed by atoms with van der Waals surface area (Å²) < 4.78 is 14.7. The zero-order valence-corrected chi connectivity index (χ0v) is 15.6. The summed E-state index contributed by atoms with van der Waals surface area (Å²) in [6.45, 7) is 0. The van der Waals surface area contributed by atoms with Crippen LogP contribution >= 0.6 is 0 Å². The Morgan fingerprint density at radius 1 is 1.03 bits per heavy atom. The Kier molecular flexibility index (Phi) is 4.36. The molecule has 1 heterocycles. The molecular weight excluding hydrogens is 367 g/mol. The molecule has 142 valence electrons. The molecule has 0 fully saturated rings. The number of benzene rings is 3. The summed E-state index contributed by atoms with van der Waals surface area (Å²) >= 11 is 0. The Hall–Kier alpha value is -3.98. The van der Waals surface area contributed by atoms with Crippen molar-refractivity contribution in [3.8, 4) is 17.2 Å². The molecule has 1 aliphatic heterocycles. The number of amides is 1. The van der Waals surface area contributed by atoms with E-state index in [0.29, 0.717) is 22.3 Å². The molecule has 2 N–H and O–H groups in total. The predicted molar refractivity (Wildman–Crippen MR) is 108 cm³/mol. The lowest BCUT2D eigenvalue weighted by molar-refractivity contribution is -0.129. The first kappa shape index (κ1) is 18.4. The summed E-state index contributed by atoms with van der Waals surface area (Å²) in [5, 5.41) is 9.16. The summed E-state index contributed by atoms with van der Waals surface area (Å²) in [4.78, 5) is 19.1. The summed E-state index contributed by atoms with van der Waals surface area (Å²) in [6.07, 6.45) is 0. The number of rotatable bonds is 3. The van der Waals surface area contributed by atoms with Crippen LogP contribution in [0, 0.1) is 17.1 Å². The number of nitrogens with zero attached hydrogens (tertiary/aromatic N) is 3. The van der Waals surface area contributed by atoms with Gasteiger partial charge in [0.05, 0.1) is 11.6 Å². The second-order valence-corrected chi connectivity index (χ2v) is 6.80. The molecule has 1 unspecified atom stereocenters. The van der Waals surface area contributed by atoms with E-state index in [1.807, 2.05) is 18.2 Å². The van der Waals surface area contributed by atoms with E-state index in [1.165, 1.54) is 11.0 Å². The lowest BCUT2D eigenvalue weighted by Crippen LogP contribution is -2.41. The van der Waals surface area contributed by atoms with Crippen LogP contribution in [0.1, 0.15) is 16.7 Å². The molecule has 4 rings (SSSR count). The highest BCUT2D eigenvalue weighted by molar-refractivity contribution is 6.09. The quantitative estimate of drug-likeness (QED) is 0.751. The van der Waals surface area contributed by atoms with Crippen molar-refractivity contribution in [1.82, 2.24) is 4.90 Å². The minimum Gasteiger partial charge on any atom is -0.369 e. The molecular formula is C23H17FN4O. The number of likely N-dealkylation sites (N-methyl/N-ethyl adjacent to an activating group) is 1. The molecule has 0 radical (unpaired) electrons. The standard InChI is InChI=1S/C23H17FN4O/c1-28-21(29)23(27-22(28)26,17-8-3-2-4-9-17)18-10-11-20(24)19(13-18)16-7-5-6-15(12-16)14-25/h2-13H,1H3,(H2,26,27). The van der Waals surface area contributed by atoms with Crippen LogP contribution < -0.4 is 5.73 Å². The number of hydrogen-bond acceptors (Lipinski definition) is 4. The van der Waals surface area contributed by atoms with Crippen LogP contribution in [0.25, 0.3) is 11.1 Å². The van der Waals surface area contributed by atoms with E-state index < -0.39 is 11.4 Å². The number of aliphatic imine (C=N–C) groups is 1. The normalized spacial score (nSPS) is 18.4. The zero-order valence-electron chi connectivity index (χ0n) is 15.6. The Morgan fingerprint density at radius 2 is 1.79 bits per heavy atom. The number of hydrogen-bond donors (Lipinski definition) is 1. The third-order valence-corrected chi connectivity index (χ3v) is 5.12. The maximum atomic E-state index is 14.7. The SMILES string of the molecule is CN1C(=O)C(c2ccccc2)(c2ccc(F)c(-c3cccc(C#N)c3)c2)N=C1N. The Morgan fingerprint density at radius 3 is 2.45 bits per heavy atom. The van der Waals surface area contributed by atoms with Crippen molar-refractivity contribution in [3.63, 3.8) is 0 Å². The van der Waals surface area contributed by atoms with Crippen molar-refractivity contribution >= 4 is 11.9 Å². The molecule has 0 saturated heterocycles. The van der Waals surface area contributed by atoms with Gasteiger partial charge in [0, 0.05) is 12.6 Å². The van der Waals surface area contributed by atoms with Gasteiger partial charge in [-0.15, -0.1) is 0 Å². The zero-order chi connectivity index (χ0) is 20.6. The van der Waals surface area contributed by atoms with Gasteiger partial charge in [-0.05, 0) is 41.0 Å². The molecule has 1 amide bonds. The maximum Gasteiger partial charge on any atom is 0.266 e. The second kappa shape index (κ2) is 6.88. The van der Waals surface area contributed by atoms with E-state index in [1.54, 1.807) is 55.6 Å². The minimum atomic E-state index is -1.39. The van der Waals surface area contributed by atoms with Crippen LogP contribution in [-0.2, 0) is 10.3 Å². The lowest BCUT2D eigenvalue weighted by Gasteiger charge is -2.26. The fourth-order valence-electron chi connectivity index (χ4n) is 3.59. The van der Waals surface area contributed by atoms with Gasteiger partial charge in [-0.3, -0.25) is 9.69 Å². The van der Waals surface area contributed by atoms with Crippen molar-refractivity contribution in [1.29, 1.82) is 5.26 Å². The molecule has 0 saturated carbocycles. The fraction of sp³-hybridized carbons (Fsp3) is 0.0870. The van der Waals surface area contributed by atoms with Gasteiger partial charge in [0.15, 0.2) is 11.5 Å². The van der Waals surface area contributed by atoms with E-state index in [4.69, 9.17) is 11.0 Å². The molecule has 1 aliphatic rings. The van der Waals surface area contributed by atoms with E-state index in [9.17, 15) is 9.18 Å². The van der Waals surface area contributed by atoms with Crippen LogP contribution in [-0.4, -0.2) is 23.8 Å². The van der Waals surface area contributed by atoms with E-state index in [2.05, 4.69) is 11.1 Å². The van der Waals surface area contributed by atoms with Gasteiger partial charge in [0.1, 0.15) is 5.82 Å². The van der Waals surface area contributed by atoms with E-state index in [-0.39, 0.29) is 17.4 Å². The van der Waals surface area contributed by atoms with Gasteiger partial charge >= 0.3 is 0 Å². The Bertz CT molecular complexity index is 1180. The highest BCUT2D eigenvalue weighted by Crippen LogP contribution is 2.41. The molecule has 0 aromatic heterocycles. The van der Waals surface area contributed by atoms with Crippen molar-refractivity contribution < 1.29 is 9.18 Å². The monoisotopic (exact) mass is 384 g/mol. The van der Waals surface area contributed by atoms with Crippen molar-refractivity contribution in [3.05, 3.63) is 95.3 Å². The number of guanidine groups is 1. The molecule has 0 spiro atoms. The number of carbonyl (C=O) groups excluding carboxylic acids is 1. The van der Waals surface area contributed by atoms with Crippen LogP contribution in [0.4, 0.5) is 4.39 Å². The van der Waals surface area contributed by atoms with Crippen molar-refractivity contribution in [2.24, 2.45) is 10.7 Å². The predicted octanol–water partition coefficient (Wildman–Crippen LogP) is 3.39. The average Bonchev–Trinajstić information content (AvgIpc) is 2.99. The molecule has 3 aromatic carbocycles. The first-order valence-electron chi connectivity index (χ1n) is 8.97. The topological polar surface area (TPSA) is 82.5 Å². The van der Waals surface area contributed by atoms with Crippen molar-refractivity contribution in [2.45, 2.75) is 5.54 Å². The highest BCUT2D eigenvalue weighted by atomic mass is 19.1. The minimum absolute atomic E-state index is 0.0937. The van der Waals surface area contributed by atoms with Gasteiger partial charge in [0.25, 0.3) is 5.91 Å². The molecule has 3 aromatic rings. The number of carbonyl (C=O) groups is 1. The molecule has 1 atom stereocenters. The summed E-state index contributed by atoms with van der Waals surface area (Å²) in [7, 11) is 1.56. The highest BCUT2D eigenvalue weighted by Gasteiger charge is 2.49. The second-order valence-electron chi connectivity index (χ2n) is 6.80. The number of nitrogens with two attached hydrogens (primary N) is 1. The molecule has 29 heavy (non-hydrogen) atoms. The Labute approximate surface area is 167 Å². The lowest BCUT2D eigenvalue weighted by atomic mass is 9.81. The first-order valence-corrected chi connectivity index (χ1v) is 8.97. The third kappa shape index (κ3) is 2.84. The van der Waals surface area contributed by atoms with Crippen LogP contribution in [0.3, 0.4) is 0 Å². The fourth-order valence-corrected chi connectivity index (χ4v) is 3.59. The summed E-state index contributed by atoms with van der Waals surface area (Å²) in [5.41, 5.74) is 6.97. The van der Waals surface area contributed by atoms with Crippen LogP contribution in [0.5, 0.6) is 0 Å². The summed E-state index contributed by atoms with van der Waals surface area (Å²) in [5.74, 6) is -0.677. The van der Waals surface area contributed by atoms with Crippen LogP contribution in [0.15, 0.2) is 77.8 Å². The van der Waals surface area contributed by atoms with Gasteiger partial charge < -0.3 is 5.73 Å². The Balaban J connectivity index is 1.97. The number of halogens is 1. The summed E-state index contributed by atoms with van der Waals surface area (Å²) in [6, 6.07) is 22.3. The smallest absolute Gasteiger partial charge is 0.266 e. The molecule has 0 aliphatic carbocycles. The largest absolute Gasteiger partial charge is 0.369 e. The molecule has 5 nitrogen and oxygen atoms in total. The van der Waals surface area contributed by atoms with Gasteiger partial charge in [-0.1, -0.05) is 48.5 Å². The third-order valence-electron chi connectivity index (χ3n) is 5.12. The van der Waals surface area contributed by atoms with Gasteiger partial charge in [-0.2, -0.15) is 5.26 Å². The molecule has 6 heteroatoms. The van der Waals surface area contributed by atoms with Crippen molar-refractivity contribution in [2.75, 3.05) is 7.05 Å².